The molecule has 8 nitrogen and oxygen atoms in total. The molecule has 59 heavy (non-hydrogen) atoms. The molecular weight excluding hydrogens is 758 g/mol. The summed E-state index contributed by atoms with van der Waals surface area (Å²) in [5.74, 6) is -0.325. The van der Waals surface area contributed by atoms with Gasteiger partial charge >= 0.3 is 5.97 Å². The van der Waals surface area contributed by atoms with Crippen LogP contribution in [0.1, 0.15) is 258 Å². The second kappa shape index (κ2) is 44.1. The minimum absolute atomic E-state index is 0.0317. The van der Waals surface area contributed by atoms with Crippen LogP contribution in [0, 0.1) is 0 Å². The van der Waals surface area contributed by atoms with E-state index in [9.17, 15) is 14.3 Å². The van der Waals surface area contributed by atoms with Crippen molar-refractivity contribution >= 4 is 13.8 Å². The first-order valence-corrected chi connectivity index (χ1v) is 27.2. The third-order valence-corrected chi connectivity index (χ3v) is 12.6. The third kappa shape index (κ3) is 48.4. The van der Waals surface area contributed by atoms with Crippen molar-refractivity contribution < 1.29 is 37.3 Å². The quantitative estimate of drug-likeness (QED) is 0.0260. The Labute approximate surface area is 368 Å². The first-order valence-electron chi connectivity index (χ1n) is 25.8. The maximum atomic E-state index is 12.7. The van der Waals surface area contributed by atoms with Crippen LogP contribution in [-0.4, -0.2) is 70.7 Å². The molecule has 0 aliphatic heterocycles. The second-order valence-electron chi connectivity index (χ2n) is 18.9. The number of likely N-dealkylation sites (N-methyl/N-ethyl adjacent to an activating group) is 1. The van der Waals surface area contributed by atoms with E-state index in [0.29, 0.717) is 24.1 Å². The summed E-state index contributed by atoms with van der Waals surface area (Å²) in [6, 6.07) is 0. The molecule has 354 valence electrons. The van der Waals surface area contributed by atoms with Crippen LogP contribution >= 0.6 is 7.82 Å². The molecular formula is C50H102NO7P. The van der Waals surface area contributed by atoms with Gasteiger partial charge in [-0.2, -0.15) is 0 Å². The number of ether oxygens (including phenoxy) is 2. The first-order chi connectivity index (χ1) is 28.6. The Hall–Kier alpha value is -0.500. The van der Waals surface area contributed by atoms with Crippen molar-refractivity contribution in [2.24, 2.45) is 0 Å². The van der Waals surface area contributed by atoms with Gasteiger partial charge in [-0.05, 0) is 12.8 Å². The standard InChI is InChI=1S/C50H102NO7P/c1-6-8-10-12-14-16-18-20-22-24-26-27-29-31-33-35-37-39-41-43-50(52)58-49(48-57-59(53,54)56-46-44-51(3,4)5)47-55-45-42-40-38-36-34-32-30-28-25-23-21-19-17-15-13-11-9-7-2/h49H,6-48H2,1-5H3. The van der Waals surface area contributed by atoms with Crippen LogP contribution in [-0.2, 0) is 27.9 Å². The summed E-state index contributed by atoms with van der Waals surface area (Å²) in [5.41, 5.74) is 0. The van der Waals surface area contributed by atoms with Crippen molar-refractivity contribution in [3.8, 4) is 0 Å². The minimum Gasteiger partial charge on any atom is -0.756 e. The van der Waals surface area contributed by atoms with Gasteiger partial charge in [0.25, 0.3) is 7.82 Å². The fraction of sp³-hybridized carbons (Fsp3) is 0.980. The number of esters is 1. The lowest BCUT2D eigenvalue weighted by atomic mass is 10.0. The third-order valence-electron chi connectivity index (χ3n) is 11.7. The van der Waals surface area contributed by atoms with Crippen LogP contribution in [0.2, 0.25) is 0 Å². The predicted octanol–water partition coefficient (Wildman–Crippen LogP) is 15.0. The number of hydrogen-bond acceptors (Lipinski definition) is 7. The fourth-order valence-electron chi connectivity index (χ4n) is 7.67. The van der Waals surface area contributed by atoms with Crippen molar-refractivity contribution in [1.29, 1.82) is 0 Å². The maximum absolute atomic E-state index is 12.7. The molecule has 0 saturated carbocycles. The Morgan fingerprint density at radius 2 is 0.780 bits per heavy atom. The van der Waals surface area contributed by atoms with Gasteiger partial charge in [0.1, 0.15) is 19.3 Å². The zero-order valence-electron chi connectivity index (χ0n) is 40.2. The topological polar surface area (TPSA) is 94.1 Å². The monoisotopic (exact) mass is 860 g/mol. The molecule has 9 heteroatoms. The SMILES string of the molecule is CCCCCCCCCCCCCCCCCCCCCC(=O)OC(COCCCCCCCCCCCCCCCCCCCC)COP(=O)([O-])OCC[N+](C)(C)C. The van der Waals surface area contributed by atoms with Crippen LogP contribution in [0.4, 0.5) is 0 Å². The van der Waals surface area contributed by atoms with Gasteiger partial charge in [0.05, 0.1) is 34.4 Å². The van der Waals surface area contributed by atoms with Gasteiger partial charge in [-0.15, -0.1) is 0 Å². The lowest BCUT2D eigenvalue weighted by Crippen LogP contribution is -2.37. The van der Waals surface area contributed by atoms with Crippen LogP contribution in [0.25, 0.3) is 0 Å². The van der Waals surface area contributed by atoms with Crippen LogP contribution in [0.3, 0.4) is 0 Å². The molecule has 0 aromatic rings. The molecule has 0 spiro atoms. The highest BCUT2D eigenvalue weighted by molar-refractivity contribution is 7.45. The van der Waals surface area contributed by atoms with Crippen molar-refractivity contribution in [2.45, 2.75) is 264 Å². The van der Waals surface area contributed by atoms with Gasteiger partial charge in [-0.1, -0.05) is 239 Å². The lowest BCUT2D eigenvalue weighted by molar-refractivity contribution is -0.870. The molecule has 0 rings (SSSR count). The van der Waals surface area contributed by atoms with Gasteiger partial charge in [-0.3, -0.25) is 9.36 Å². The molecule has 0 aliphatic carbocycles. The molecule has 0 amide bonds. The molecule has 0 heterocycles. The summed E-state index contributed by atoms with van der Waals surface area (Å²) in [6.45, 7) is 5.49. The van der Waals surface area contributed by atoms with Crippen molar-refractivity contribution in [3.63, 3.8) is 0 Å². The number of phosphoric acid groups is 1. The van der Waals surface area contributed by atoms with Crippen LogP contribution < -0.4 is 4.89 Å². The van der Waals surface area contributed by atoms with Gasteiger partial charge in [0.15, 0.2) is 0 Å². The number of carbonyl (C=O) groups excluding carboxylic acids is 1. The highest BCUT2D eigenvalue weighted by atomic mass is 31.2. The number of rotatable bonds is 49. The van der Waals surface area contributed by atoms with Gasteiger partial charge in [-0.25, -0.2) is 0 Å². The molecule has 0 saturated heterocycles. The van der Waals surface area contributed by atoms with E-state index in [0.717, 1.165) is 32.1 Å². The minimum atomic E-state index is -4.52. The number of hydrogen-bond donors (Lipinski definition) is 0. The highest BCUT2D eigenvalue weighted by Gasteiger charge is 2.20. The summed E-state index contributed by atoms with van der Waals surface area (Å²) < 4.78 is 34.8. The second-order valence-corrected chi connectivity index (χ2v) is 20.3. The van der Waals surface area contributed by atoms with Crippen LogP contribution in [0.5, 0.6) is 0 Å². The molecule has 2 unspecified atom stereocenters. The van der Waals surface area contributed by atoms with E-state index in [1.165, 1.54) is 205 Å². The fourth-order valence-corrected chi connectivity index (χ4v) is 8.40. The predicted molar refractivity (Wildman–Crippen MR) is 250 cm³/mol. The number of carbonyl (C=O) groups is 1. The Balaban J connectivity index is 4.09. The first kappa shape index (κ1) is 58.5. The Bertz CT molecular complexity index is 914. The molecule has 0 fully saturated rings. The lowest BCUT2D eigenvalue weighted by Gasteiger charge is -2.28. The van der Waals surface area contributed by atoms with Crippen molar-refractivity contribution in [3.05, 3.63) is 0 Å². The van der Waals surface area contributed by atoms with E-state index in [2.05, 4.69) is 13.8 Å². The molecule has 0 aromatic heterocycles. The number of quaternary nitrogens is 1. The summed E-state index contributed by atoms with van der Waals surface area (Å²) in [7, 11) is 1.38. The maximum Gasteiger partial charge on any atom is 0.306 e. The average Bonchev–Trinajstić information content (AvgIpc) is 3.19. The molecule has 2 atom stereocenters. The summed E-state index contributed by atoms with van der Waals surface area (Å²) in [5, 5.41) is 0. The van der Waals surface area contributed by atoms with Crippen LogP contribution in [0.15, 0.2) is 0 Å². The molecule has 0 aliphatic rings. The zero-order chi connectivity index (χ0) is 43.4. The molecule has 0 aromatic carbocycles. The van der Waals surface area contributed by atoms with Crippen molar-refractivity contribution in [1.82, 2.24) is 0 Å². The number of nitrogens with zero attached hydrogens (tertiary/aromatic N) is 1. The van der Waals surface area contributed by atoms with E-state index in [-0.39, 0.29) is 25.8 Å². The molecule has 0 bridgehead atoms. The average molecular weight is 860 g/mol. The van der Waals surface area contributed by atoms with E-state index >= 15 is 0 Å². The van der Waals surface area contributed by atoms with Crippen molar-refractivity contribution in [2.75, 3.05) is 54.1 Å². The molecule has 0 radical (unpaired) electrons. The van der Waals surface area contributed by atoms with Gasteiger partial charge < -0.3 is 27.9 Å². The largest absolute Gasteiger partial charge is 0.756 e. The molecule has 0 N–H and O–H groups in total. The number of unbranched alkanes of at least 4 members (excludes halogenated alkanes) is 35. The summed E-state index contributed by atoms with van der Waals surface area (Å²) in [6.07, 6.45) is 48.3. The Morgan fingerprint density at radius 1 is 0.458 bits per heavy atom. The van der Waals surface area contributed by atoms with E-state index in [1.807, 2.05) is 21.1 Å². The number of phosphoric ester groups is 1. The highest BCUT2D eigenvalue weighted by Crippen LogP contribution is 2.38. The van der Waals surface area contributed by atoms with E-state index < -0.39 is 13.9 Å². The Morgan fingerprint density at radius 3 is 1.12 bits per heavy atom. The Kier molecular flexibility index (Phi) is 43.7. The zero-order valence-corrected chi connectivity index (χ0v) is 41.1. The van der Waals surface area contributed by atoms with E-state index in [4.69, 9.17) is 18.5 Å². The normalized spacial score (nSPS) is 13.5. The summed E-state index contributed by atoms with van der Waals surface area (Å²) in [4.78, 5) is 25.2. The summed E-state index contributed by atoms with van der Waals surface area (Å²) >= 11 is 0. The smallest absolute Gasteiger partial charge is 0.306 e. The van der Waals surface area contributed by atoms with E-state index in [1.54, 1.807) is 0 Å². The van der Waals surface area contributed by atoms with Gasteiger partial charge in [0, 0.05) is 13.0 Å². The van der Waals surface area contributed by atoms with Gasteiger partial charge in [0.2, 0.25) is 0 Å².